The third kappa shape index (κ3) is 1.53. The van der Waals surface area contributed by atoms with Crippen molar-refractivity contribution in [3.63, 3.8) is 0 Å². The minimum atomic E-state index is 0.977. The quantitative estimate of drug-likeness (QED) is 0.541. The molecule has 0 atom stereocenters. The Morgan fingerprint density at radius 1 is 1.00 bits per heavy atom. The standard InChI is InChI=1S/C17H14N2/c1-11-6-8-12(9-7-11)16-15-10-13-4-2-3-5-14(13)17(15)19-18-16/h2-9H,10H2,1H3,(H,18,19). The zero-order valence-electron chi connectivity index (χ0n) is 10.8. The van der Waals surface area contributed by atoms with Gasteiger partial charge in [0.15, 0.2) is 0 Å². The SMILES string of the molecule is Cc1ccc(-c2[nH]nc3c2Cc2ccccc2-3)cc1. The lowest BCUT2D eigenvalue weighted by molar-refractivity contribution is 1.09. The fraction of sp³-hybridized carbons (Fsp3) is 0.118. The normalized spacial score (nSPS) is 12.3. The third-order valence-electron chi connectivity index (χ3n) is 3.85. The van der Waals surface area contributed by atoms with Crippen molar-refractivity contribution in [2.24, 2.45) is 0 Å². The summed E-state index contributed by atoms with van der Waals surface area (Å²) >= 11 is 0. The molecule has 1 heterocycles. The average molecular weight is 246 g/mol. The van der Waals surface area contributed by atoms with E-state index in [-0.39, 0.29) is 0 Å². The van der Waals surface area contributed by atoms with Crippen LogP contribution < -0.4 is 0 Å². The number of aromatic nitrogens is 2. The van der Waals surface area contributed by atoms with Gasteiger partial charge >= 0.3 is 0 Å². The van der Waals surface area contributed by atoms with Gasteiger partial charge in [-0.2, -0.15) is 5.10 Å². The summed E-state index contributed by atoms with van der Waals surface area (Å²) in [6.07, 6.45) is 0.977. The van der Waals surface area contributed by atoms with Gasteiger partial charge in [0.25, 0.3) is 0 Å². The lowest BCUT2D eigenvalue weighted by atomic mass is 10.0. The third-order valence-corrected chi connectivity index (χ3v) is 3.85. The molecule has 0 spiro atoms. The zero-order valence-corrected chi connectivity index (χ0v) is 10.8. The van der Waals surface area contributed by atoms with Crippen molar-refractivity contribution in [1.29, 1.82) is 0 Å². The Hall–Kier alpha value is -2.35. The number of hydrogen-bond acceptors (Lipinski definition) is 1. The maximum atomic E-state index is 4.51. The molecule has 92 valence electrons. The van der Waals surface area contributed by atoms with E-state index in [4.69, 9.17) is 0 Å². The minimum absolute atomic E-state index is 0.977. The molecule has 0 saturated heterocycles. The van der Waals surface area contributed by atoms with E-state index in [0.717, 1.165) is 17.8 Å². The number of rotatable bonds is 1. The molecule has 1 aliphatic rings. The molecule has 0 bridgehead atoms. The van der Waals surface area contributed by atoms with Crippen LogP contribution in [-0.4, -0.2) is 10.2 Å². The summed E-state index contributed by atoms with van der Waals surface area (Å²) in [5.41, 5.74) is 8.74. The molecule has 19 heavy (non-hydrogen) atoms. The highest BCUT2D eigenvalue weighted by Gasteiger charge is 2.24. The number of aryl methyl sites for hydroxylation is 1. The Bertz CT molecular complexity index is 751. The number of nitrogens with zero attached hydrogens (tertiary/aromatic N) is 1. The van der Waals surface area contributed by atoms with Crippen LogP contribution in [0.3, 0.4) is 0 Å². The largest absolute Gasteiger partial charge is 0.277 e. The number of benzene rings is 2. The van der Waals surface area contributed by atoms with Gasteiger partial charge in [0.2, 0.25) is 0 Å². The number of H-pyrrole nitrogens is 1. The van der Waals surface area contributed by atoms with Crippen LogP contribution in [0.25, 0.3) is 22.5 Å². The summed E-state index contributed by atoms with van der Waals surface area (Å²) in [5, 5.41) is 7.71. The summed E-state index contributed by atoms with van der Waals surface area (Å²) in [7, 11) is 0. The molecule has 1 aliphatic carbocycles. The number of hydrogen-bond donors (Lipinski definition) is 1. The van der Waals surface area contributed by atoms with E-state index in [2.05, 4.69) is 65.7 Å². The van der Waals surface area contributed by atoms with Crippen LogP contribution in [0, 0.1) is 6.92 Å². The Labute approximate surface area is 112 Å². The Kier molecular flexibility index (Phi) is 2.12. The first kappa shape index (κ1) is 10.6. The molecule has 2 nitrogen and oxygen atoms in total. The molecule has 0 saturated carbocycles. The van der Waals surface area contributed by atoms with Crippen LogP contribution in [0.5, 0.6) is 0 Å². The summed E-state index contributed by atoms with van der Waals surface area (Å²) in [5.74, 6) is 0. The van der Waals surface area contributed by atoms with Gasteiger partial charge in [-0.1, -0.05) is 54.1 Å². The van der Waals surface area contributed by atoms with E-state index in [9.17, 15) is 0 Å². The number of fused-ring (bicyclic) bond motifs is 3. The van der Waals surface area contributed by atoms with E-state index in [0.29, 0.717) is 0 Å². The van der Waals surface area contributed by atoms with Crippen LogP contribution in [0.15, 0.2) is 48.5 Å². The molecule has 0 amide bonds. The molecule has 4 rings (SSSR count). The van der Waals surface area contributed by atoms with Crippen molar-refractivity contribution in [1.82, 2.24) is 10.2 Å². The van der Waals surface area contributed by atoms with E-state index in [1.54, 1.807) is 0 Å². The molecule has 1 N–H and O–H groups in total. The maximum Gasteiger partial charge on any atom is 0.0965 e. The molecule has 1 aromatic heterocycles. The summed E-state index contributed by atoms with van der Waals surface area (Å²) in [6.45, 7) is 2.11. The number of aromatic amines is 1. The molecule has 0 aliphatic heterocycles. The van der Waals surface area contributed by atoms with Gasteiger partial charge in [-0.15, -0.1) is 0 Å². The lowest BCUT2D eigenvalue weighted by Gasteiger charge is -2.01. The molecule has 3 aromatic rings. The van der Waals surface area contributed by atoms with Crippen molar-refractivity contribution in [3.05, 3.63) is 65.2 Å². The second-order valence-electron chi connectivity index (χ2n) is 5.13. The van der Waals surface area contributed by atoms with Crippen LogP contribution >= 0.6 is 0 Å². The van der Waals surface area contributed by atoms with Crippen molar-refractivity contribution in [2.75, 3.05) is 0 Å². The molecule has 2 heteroatoms. The predicted octanol–water partition coefficient (Wildman–Crippen LogP) is 3.96. The fourth-order valence-electron chi connectivity index (χ4n) is 2.81. The van der Waals surface area contributed by atoms with E-state index < -0.39 is 0 Å². The maximum absolute atomic E-state index is 4.51. The van der Waals surface area contributed by atoms with Crippen molar-refractivity contribution in [2.45, 2.75) is 13.3 Å². The highest BCUT2D eigenvalue weighted by Crippen LogP contribution is 2.39. The van der Waals surface area contributed by atoms with Crippen LogP contribution in [0.2, 0.25) is 0 Å². The Morgan fingerprint density at radius 3 is 2.63 bits per heavy atom. The van der Waals surface area contributed by atoms with Gasteiger partial charge in [0.05, 0.1) is 11.4 Å². The fourth-order valence-corrected chi connectivity index (χ4v) is 2.81. The van der Waals surface area contributed by atoms with E-state index in [1.807, 2.05) is 0 Å². The van der Waals surface area contributed by atoms with Crippen LogP contribution in [0.4, 0.5) is 0 Å². The molecular weight excluding hydrogens is 232 g/mol. The molecule has 0 fully saturated rings. The second kappa shape index (κ2) is 3.82. The van der Waals surface area contributed by atoms with Crippen molar-refractivity contribution in [3.8, 4) is 22.5 Å². The van der Waals surface area contributed by atoms with Crippen LogP contribution in [0.1, 0.15) is 16.7 Å². The summed E-state index contributed by atoms with van der Waals surface area (Å²) in [6, 6.07) is 17.1. The molecular formula is C17H14N2. The van der Waals surface area contributed by atoms with Gasteiger partial charge < -0.3 is 0 Å². The van der Waals surface area contributed by atoms with E-state index in [1.165, 1.54) is 27.8 Å². The lowest BCUT2D eigenvalue weighted by Crippen LogP contribution is -1.86. The van der Waals surface area contributed by atoms with Gasteiger partial charge in [-0.25, -0.2) is 0 Å². The first-order valence-electron chi connectivity index (χ1n) is 6.55. The Balaban J connectivity index is 1.87. The van der Waals surface area contributed by atoms with Crippen molar-refractivity contribution >= 4 is 0 Å². The highest BCUT2D eigenvalue weighted by atomic mass is 15.1. The highest BCUT2D eigenvalue weighted by molar-refractivity contribution is 5.80. The molecule has 2 aromatic carbocycles. The molecule has 0 radical (unpaired) electrons. The van der Waals surface area contributed by atoms with Gasteiger partial charge in [-0.3, -0.25) is 5.10 Å². The number of nitrogens with one attached hydrogen (secondary N) is 1. The Morgan fingerprint density at radius 2 is 1.79 bits per heavy atom. The zero-order chi connectivity index (χ0) is 12.8. The van der Waals surface area contributed by atoms with Crippen LogP contribution in [-0.2, 0) is 6.42 Å². The molecule has 0 unspecified atom stereocenters. The van der Waals surface area contributed by atoms with Crippen molar-refractivity contribution < 1.29 is 0 Å². The first-order valence-corrected chi connectivity index (χ1v) is 6.55. The summed E-state index contributed by atoms with van der Waals surface area (Å²) < 4.78 is 0. The van der Waals surface area contributed by atoms with Gasteiger partial charge in [-0.05, 0) is 18.1 Å². The minimum Gasteiger partial charge on any atom is -0.277 e. The van der Waals surface area contributed by atoms with Gasteiger partial charge in [0, 0.05) is 17.5 Å². The topological polar surface area (TPSA) is 28.7 Å². The van der Waals surface area contributed by atoms with Gasteiger partial charge in [0.1, 0.15) is 0 Å². The smallest absolute Gasteiger partial charge is 0.0965 e. The first-order chi connectivity index (χ1) is 9.33. The summed E-state index contributed by atoms with van der Waals surface area (Å²) in [4.78, 5) is 0. The monoisotopic (exact) mass is 246 g/mol. The predicted molar refractivity (Wildman–Crippen MR) is 77.0 cm³/mol. The second-order valence-corrected chi connectivity index (χ2v) is 5.13. The average Bonchev–Trinajstić information content (AvgIpc) is 2.98. The van der Waals surface area contributed by atoms with E-state index >= 15 is 0 Å².